The van der Waals surface area contributed by atoms with Gasteiger partial charge in [-0.15, -0.1) is 0 Å². The van der Waals surface area contributed by atoms with Gasteiger partial charge in [-0.3, -0.25) is 0 Å². The van der Waals surface area contributed by atoms with Gasteiger partial charge in [0.05, 0.1) is 7.11 Å². The molecule has 2 aromatic rings. The first-order valence-electron chi connectivity index (χ1n) is 8.50. The van der Waals surface area contributed by atoms with E-state index in [1.54, 1.807) is 7.11 Å². The third kappa shape index (κ3) is 4.39. The molecule has 0 spiro atoms. The van der Waals surface area contributed by atoms with Gasteiger partial charge in [0, 0.05) is 44.0 Å². The van der Waals surface area contributed by atoms with Crippen molar-refractivity contribution in [3.63, 3.8) is 0 Å². The molecule has 1 N–H and O–H groups in total. The van der Waals surface area contributed by atoms with Crippen molar-refractivity contribution in [2.24, 2.45) is 0 Å². The highest BCUT2D eigenvalue weighted by atomic mass is 32.1. The summed E-state index contributed by atoms with van der Waals surface area (Å²) in [5.41, 5.74) is 2.16. The summed E-state index contributed by atoms with van der Waals surface area (Å²) in [6, 6.07) is 14.2. The summed E-state index contributed by atoms with van der Waals surface area (Å²) < 4.78 is 5.39. The topological polar surface area (TPSA) is 40.6 Å². The number of thiocarbonyl (C=S) groups is 1. The number of methoxy groups -OCH3 is 1. The second-order valence-corrected chi connectivity index (χ2v) is 6.47. The number of hydrogen-bond acceptors (Lipinski definition) is 4. The minimum atomic E-state index is 0.669. The summed E-state index contributed by atoms with van der Waals surface area (Å²) >= 11 is 5.57. The highest BCUT2D eigenvalue weighted by molar-refractivity contribution is 7.80. The lowest BCUT2D eigenvalue weighted by Gasteiger charge is -2.37. The van der Waals surface area contributed by atoms with Gasteiger partial charge >= 0.3 is 0 Å². The van der Waals surface area contributed by atoms with E-state index in [1.807, 2.05) is 31.2 Å². The Bertz CT molecular complexity index is 729. The molecule has 0 aliphatic carbocycles. The standard InChI is InChI=1S/C19H24N4OS/c1-15-6-5-9-18(21-15)22-10-12-23(13-11-22)19(25)20-14-16-7-3-4-8-17(16)24-2/h3-9H,10-14H2,1-2H3,(H,20,25). The molecule has 3 rings (SSSR count). The molecule has 1 aromatic carbocycles. The largest absolute Gasteiger partial charge is 0.496 e. The molecule has 0 radical (unpaired) electrons. The average Bonchev–Trinajstić information content (AvgIpc) is 2.66. The van der Waals surface area contributed by atoms with Crippen molar-refractivity contribution in [2.75, 3.05) is 38.2 Å². The molecule has 0 atom stereocenters. The first kappa shape index (κ1) is 17.5. The second-order valence-electron chi connectivity index (χ2n) is 6.08. The van der Waals surface area contributed by atoms with Crippen molar-refractivity contribution < 1.29 is 4.74 Å². The number of benzene rings is 1. The minimum Gasteiger partial charge on any atom is -0.496 e. The molecule has 132 valence electrons. The van der Waals surface area contributed by atoms with E-state index in [1.165, 1.54) is 0 Å². The molecule has 6 heteroatoms. The maximum absolute atomic E-state index is 5.57. The van der Waals surface area contributed by atoms with Crippen LogP contribution < -0.4 is 15.0 Å². The molecule has 2 heterocycles. The molecular formula is C19H24N4OS. The van der Waals surface area contributed by atoms with Gasteiger partial charge in [0.15, 0.2) is 5.11 Å². The first-order valence-corrected chi connectivity index (χ1v) is 8.91. The Morgan fingerprint density at radius 3 is 2.60 bits per heavy atom. The Labute approximate surface area is 154 Å². The molecule has 0 bridgehead atoms. The lowest BCUT2D eigenvalue weighted by molar-refractivity contribution is 0.377. The molecule has 0 saturated carbocycles. The number of piperazine rings is 1. The van der Waals surface area contributed by atoms with E-state index in [0.29, 0.717) is 6.54 Å². The molecular weight excluding hydrogens is 332 g/mol. The van der Waals surface area contributed by atoms with Gasteiger partial charge in [-0.2, -0.15) is 0 Å². The number of aromatic nitrogens is 1. The molecule has 1 aliphatic heterocycles. The number of hydrogen-bond donors (Lipinski definition) is 1. The molecule has 1 saturated heterocycles. The van der Waals surface area contributed by atoms with E-state index in [-0.39, 0.29) is 0 Å². The zero-order valence-electron chi connectivity index (χ0n) is 14.7. The molecule has 0 amide bonds. The van der Waals surface area contributed by atoms with Crippen LogP contribution in [-0.2, 0) is 6.54 Å². The molecule has 25 heavy (non-hydrogen) atoms. The molecule has 1 aromatic heterocycles. The summed E-state index contributed by atoms with van der Waals surface area (Å²) in [6.45, 7) is 6.33. The summed E-state index contributed by atoms with van der Waals surface area (Å²) in [4.78, 5) is 9.14. The van der Waals surface area contributed by atoms with E-state index >= 15 is 0 Å². The summed E-state index contributed by atoms with van der Waals surface area (Å²) in [6.07, 6.45) is 0. The van der Waals surface area contributed by atoms with Crippen LogP contribution in [0.4, 0.5) is 5.82 Å². The zero-order chi connectivity index (χ0) is 17.6. The van der Waals surface area contributed by atoms with Crippen molar-refractivity contribution in [1.29, 1.82) is 0 Å². The van der Waals surface area contributed by atoms with Crippen LogP contribution >= 0.6 is 12.2 Å². The third-order valence-electron chi connectivity index (χ3n) is 4.39. The predicted molar refractivity (Wildman–Crippen MR) is 105 cm³/mol. The first-order chi connectivity index (χ1) is 12.2. The fourth-order valence-electron chi connectivity index (χ4n) is 2.98. The molecule has 1 fully saturated rings. The predicted octanol–water partition coefficient (Wildman–Crippen LogP) is 2.60. The van der Waals surface area contributed by atoms with Crippen molar-refractivity contribution in [1.82, 2.24) is 15.2 Å². The Hall–Kier alpha value is -2.34. The highest BCUT2D eigenvalue weighted by Gasteiger charge is 2.20. The normalized spacial score (nSPS) is 14.3. The van der Waals surface area contributed by atoms with Crippen LogP contribution in [0.15, 0.2) is 42.5 Å². The van der Waals surface area contributed by atoms with Gasteiger partial charge in [-0.05, 0) is 37.3 Å². The number of nitrogens with one attached hydrogen (secondary N) is 1. The Morgan fingerprint density at radius 2 is 1.88 bits per heavy atom. The Kier molecular flexibility index (Phi) is 5.71. The number of para-hydroxylation sites is 1. The maximum Gasteiger partial charge on any atom is 0.169 e. The molecule has 0 unspecified atom stereocenters. The number of pyridine rings is 1. The van der Waals surface area contributed by atoms with Crippen LogP contribution in [0.3, 0.4) is 0 Å². The van der Waals surface area contributed by atoms with Crippen LogP contribution in [0, 0.1) is 6.92 Å². The maximum atomic E-state index is 5.57. The molecule has 5 nitrogen and oxygen atoms in total. The van der Waals surface area contributed by atoms with Gasteiger partial charge < -0.3 is 19.9 Å². The van der Waals surface area contributed by atoms with Gasteiger partial charge in [0.25, 0.3) is 0 Å². The highest BCUT2D eigenvalue weighted by Crippen LogP contribution is 2.17. The SMILES string of the molecule is COc1ccccc1CNC(=S)N1CCN(c2cccc(C)n2)CC1. The van der Waals surface area contributed by atoms with Gasteiger partial charge in [-0.1, -0.05) is 24.3 Å². The Balaban J connectivity index is 1.51. The number of ether oxygens (including phenoxy) is 1. The minimum absolute atomic E-state index is 0.669. The molecule has 1 aliphatic rings. The number of anilines is 1. The summed E-state index contributed by atoms with van der Waals surface area (Å²) in [5.74, 6) is 1.93. The second kappa shape index (κ2) is 8.16. The zero-order valence-corrected chi connectivity index (χ0v) is 15.6. The van der Waals surface area contributed by atoms with E-state index in [9.17, 15) is 0 Å². The number of nitrogens with zero attached hydrogens (tertiary/aromatic N) is 3. The van der Waals surface area contributed by atoms with E-state index in [4.69, 9.17) is 17.0 Å². The van der Waals surface area contributed by atoms with E-state index < -0.39 is 0 Å². The van der Waals surface area contributed by atoms with Crippen molar-refractivity contribution in [2.45, 2.75) is 13.5 Å². The monoisotopic (exact) mass is 356 g/mol. The Morgan fingerprint density at radius 1 is 1.12 bits per heavy atom. The van der Waals surface area contributed by atoms with Gasteiger partial charge in [0.2, 0.25) is 0 Å². The van der Waals surface area contributed by atoms with Crippen LogP contribution in [0.25, 0.3) is 0 Å². The lowest BCUT2D eigenvalue weighted by Crippen LogP contribution is -2.51. The van der Waals surface area contributed by atoms with Crippen molar-refractivity contribution >= 4 is 23.1 Å². The van der Waals surface area contributed by atoms with E-state index in [2.05, 4.69) is 38.3 Å². The van der Waals surface area contributed by atoms with Crippen molar-refractivity contribution in [3.05, 3.63) is 53.7 Å². The summed E-state index contributed by atoms with van der Waals surface area (Å²) in [7, 11) is 1.69. The van der Waals surface area contributed by atoms with E-state index in [0.717, 1.165) is 54.1 Å². The number of aryl methyl sites for hydroxylation is 1. The smallest absolute Gasteiger partial charge is 0.169 e. The lowest BCUT2D eigenvalue weighted by atomic mass is 10.2. The van der Waals surface area contributed by atoms with Crippen LogP contribution in [-0.4, -0.2) is 48.3 Å². The van der Waals surface area contributed by atoms with Gasteiger partial charge in [0.1, 0.15) is 11.6 Å². The fraction of sp³-hybridized carbons (Fsp3) is 0.368. The third-order valence-corrected chi connectivity index (χ3v) is 4.79. The number of rotatable bonds is 4. The summed E-state index contributed by atoms with van der Waals surface area (Å²) in [5, 5.41) is 4.14. The van der Waals surface area contributed by atoms with Crippen molar-refractivity contribution in [3.8, 4) is 5.75 Å². The van der Waals surface area contributed by atoms with Crippen LogP contribution in [0.2, 0.25) is 0 Å². The van der Waals surface area contributed by atoms with Crippen LogP contribution in [0.1, 0.15) is 11.3 Å². The van der Waals surface area contributed by atoms with Gasteiger partial charge in [-0.25, -0.2) is 4.98 Å². The van der Waals surface area contributed by atoms with Crippen LogP contribution in [0.5, 0.6) is 5.75 Å². The fourth-order valence-corrected chi connectivity index (χ4v) is 3.23. The average molecular weight is 356 g/mol. The quantitative estimate of drug-likeness (QED) is 0.850.